The second-order valence-corrected chi connectivity index (χ2v) is 15.6. The first-order valence-corrected chi connectivity index (χ1v) is 14.5. The fourth-order valence-corrected chi connectivity index (χ4v) is 5.73. The van der Waals surface area contributed by atoms with E-state index in [0.29, 0.717) is 5.82 Å². The highest BCUT2D eigenvalue weighted by Gasteiger charge is 2.43. The second kappa shape index (κ2) is 7.56. The minimum absolute atomic E-state index is 0.0864. The maximum absolute atomic E-state index is 6.82. The number of imidazole rings is 1. The van der Waals surface area contributed by atoms with E-state index >= 15 is 0 Å². The fourth-order valence-electron chi connectivity index (χ4n) is 4.38. The lowest BCUT2D eigenvalue weighted by atomic mass is 10.1. The Morgan fingerprint density at radius 3 is 2.59 bits per heavy atom. The number of aromatic nitrogens is 4. The van der Waals surface area contributed by atoms with Gasteiger partial charge in [0, 0.05) is 31.4 Å². The zero-order valence-electron chi connectivity index (χ0n) is 19.7. The molecule has 1 saturated carbocycles. The van der Waals surface area contributed by atoms with Crippen LogP contribution in [0.5, 0.6) is 0 Å². The molecule has 7 nitrogen and oxygen atoms in total. The minimum atomic E-state index is -1.90. The summed E-state index contributed by atoms with van der Waals surface area (Å²) >= 11 is 0. The van der Waals surface area contributed by atoms with Gasteiger partial charge in [-0.05, 0) is 48.5 Å². The Hall–Kier alpha value is -2.45. The number of nitrogen functional groups attached to an aromatic ring is 1. The lowest BCUT2D eigenvalue weighted by Crippen LogP contribution is -2.44. The van der Waals surface area contributed by atoms with Gasteiger partial charge in [0.25, 0.3) is 0 Å². The van der Waals surface area contributed by atoms with Crippen LogP contribution in [0.1, 0.15) is 63.3 Å². The quantitative estimate of drug-likeness (QED) is 0.555. The van der Waals surface area contributed by atoms with Crippen LogP contribution in [-0.4, -0.2) is 40.3 Å². The molecule has 0 radical (unpaired) electrons. The third-order valence-corrected chi connectivity index (χ3v) is 11.9. The van der Waals surface area contributed by atoms with Crippen LogP contribution in [0.15, 0.2) is 36.9 Å². The van der Waals surface area contributed by atoms with Crippen molar-refractivity contribution in [3.63, 3.8) is 0 Å². The van der Waals surface area contributed by atoms with Crippen LogP contribution in [-0.2, 0) is 4.43 Å². The minimum Gasteiger partial charge on any atom is -0.412 e. The van der Waals surface area contributed by atoms with Crippen LogP contribution >= 0.6 is 0 Å². The fraction of sp³-hybridized carbons (Fsp3) is 0.542. The van der Waals surface area contributed by atoms with Gasteiger partial charge in [-0.15, -0.1) is 0 Å². The maximum Gasteiger partial charge on any atom is 0.192 e. The lowest BCUT2D eigenvalue weighted by molar-refractivity contribution is 0.198. The van der Waals surface area contributed by atoms with E-state index in [2.05, 4.69) is 77.7 Å². The summed E-state index contributed by atoms with van der Waals surface area (Å²) in [6.45, 7) is 12.3. The predicted octanol–water partition coefficient (Wildman–Crippen LogP) is 4.93. The van der Waals surface area contributed by atoms with E-state index < -0.39 is 8.32 Å². The van der Waals surface area contributed by atoms with Gasteiger partial charge in [-0.3, -0.25) is 0 Å². The van der Waals surface area contributed by atoms with Crippen molar-refractivity contribution in [1.29, 1.82) is 0 Å². The Morgan fingerprint density at radius 2 is 1.91 bits per heavy atom. The van der Waals surface area contributed by atoms with Gasteiger partial charge in [-0.2, -0.15) is 0 Å². The van der Waals surface area contributed by atoms with Crippen molar-refractivity contribution in [3.05, 3.63) is 48.2 Å². The molecular formula is C24H34N6OSi. The Morgan fingerprint density at radius 1 is 1.12 bits per heavy atom. The third-order valence-electron chi connectivity index (χ3n) is 7.38. The lowest BCUT2D eigenvalue weighted by Gasteiger charge is -2.38. The van der Waals surface area contributed by atoms with E-state index in [1.807, 2.05) is 6.07 Å². The normalized spacial score (nSPS) is 22.1. The van der Waals surface area contributed by atoms with Gasteiger partial charge in [-0.25, -0.2) is 15.0 Å². The summed E-state index contributed by atoms with van der Waals surface area (Å²) in [4.78, 5) is 15.9. The smallest absolute Gasteiger partial charge is 0.192 e. The zero-order chi connectivity index (χ0) is 22.7. The molecule has 5 rings (SSSR count). The molecule has 2 atom stereocenters. The van der Waals surface area contributed by atoms with Gasteiger partial charge >= 0.3 is 0 Å². The molecular weight excluding hydrogens is 416 g/mol. The Kier molecular flexibility index (Phi) is 5.05. The molecule has 1 saturated heterocycles. The van der Waals surface area contributed by atoms with Crippen molar-refractivity contribution in [2.45, 2.75) is 76.2 Å². The molecule has 2 N–H and O–H groups in total. The van der Waals surface area contributed by atoms with Crippen molar-refractivity contribution < 1.29 is 4.43 Å². The summed E-state index contributed by atoms with van der Waals surface area (Å²) in [6.07, 6.45) is 9.57. The number of fused-ring (bicyclic) bond motifs is 1. The monoisotopic (exact) mass is 450 g/mol. The van der Waals surface area contributed by atoms with Crippen molar-refractivity contribution in [3.8, 4) is 0 Å². The van der Waals surface area contributed by atoms with Gasteiger partial charge < -0.3 is 19.5 Å². The van der Waals surface area contributed by atoms with Crippen LogP contribution in [0.3, 0.4) is 0 Å². The van der Waals surface area contributed by atoms with Gasteiger partial charge in [0.1, 0.15) is 23.6 Å². The van der Waals surface area contributed by atoms with Crippen LogP contribution in [0.2, 0.25) is 18.1 Å². The van der Waals surface area contributed by atoms with E-state index in [4.69, 9.17) is 15.1 Å². The molecule has 0 spiro atoms. The number of hydrogen-bond acceptors (Lipinski definition) is 6. The predicted molar refractivity (Wildman–Crippen MR) is 130 cm³/mol. The average Bonchev–Trinajstić information content (AvgIpc) is 3.34. The third kappa shape index (κ3) is 4.01. The molecule has 0 amide bonds. The standard InChI is InChI=1S/C24H34N6OSi/c1-24(2,3)32(4,5)31-18-10-20(30(13-18)23-11-21(25)26-15-27-23)19-14-29-12-17(16-6-7-16)8-9-22(29)28-19/h8-9,11-12,14-16,18,20H,6-7,10,13H2,1-5H3,(H2,25,26,27)/t18?,20-/m1/s1. The summed E-state index contributed by atoms with van der Waals surface area (Å²) in [5.74, 6) is 2.03. The second-order valence-electron chi connectivity index (χ2n) is 10.9. The molecule has 1 aliphatic heterocycles. The highest BCUT2D eigenvalue weighted by molar-refractivity contribution is 6.74. The van der Waals surface area contributed by atoms with Crippen LogP contribution in [0, 0.1) is 0 Å². The molecule has 1 unspecified atom stereocenters. The summed E-state index contributed by atoms with van der Waals surface area (Å²) < 4.78 is 9.00. The SMILES string of the molecule is CC(C)(C)[Si](C)(C)OC1C[C@H](c2cn3cc(C4CC4)ccc3n2)N(c2cc(N)ncn2)C1. The van der Waals surface area contributed by atoms with E-state index in [9.17, 15) is 0 Å². The van der Waals surface area contributed by atoms with Crippen molar-refractivity contribution in [2.24, 2.45) is 0 Å². The van der Waals surface area contributed by atoms with Crippen molar-refractivity contribution in [2.75, 3.05) is 17.2 Å². The number of hydrogen-bond donors (Lipinski definition) is 1. The number of rotatable bonds is 5. The Bertz CT molecular complexity index is 1130. The first kappa shape index (κ1) is 21.4. The van der Waals surface area contributed by atoms with Gasteiger partial charge in [0.05, 0.1) is 17.8 Å². The molecule has 2 aliphatic rings. The first-order chi connectivity index (χ1) is 15.1. The molecule has 8 heteroatoms. The van der Waals surface area contributed by atoms with Crippen LogP contribution in [0.25, 0.3) is 5.65 Å². The molecule has 2 fully saturated rings. The zero-order valence-corrected chi connectivity index (χ0v) is 20.7. The average molecular weight is 451 g/mol. The topological polar surface area (TPSA) is 81.6 Å². The van der Waals surface area contributed by atoms with Gasteiger partial charge in [0.15, 0.2) is 8.32 Å². The maximum atomic E-state index is 6.82. The van der Waals surface area contributed by atoms with Crippen LogP contribution in [0.4, 0.5) is 11.6 Å². The largest absolute Gasteiger partial charge is 0.412 e. The van der Waals surface area contributed by atoms with E-state index in [1.165, 1.54) is 24.7 Å². The molecule has 0 bridgehead atoms. The summed E-state index contributed by atoms with van der Waals surface area (Å²) in [5.41, 5.74) is 9.44. The summed E-state index contributed by atoms with van der Waals surface area (Å²) in [6, 6.07) is 6.30. The number of anilines is 2. The van der Waals surface area contributed by atoms with E-state index in [0.717, 1.165) is 36.0 Å². The molecule has 0 aromatic carbocycles. The molecule has 32 heavy (non-hydrogen) atoms. The van der Waals surface area contributed by atoms with Crippen molar-refractivity contribution >= 4 is 25.6 Å². The number of nitrogens with zero attached hydrogens (tertiary/aromatic N) is 5. The number of pyridine rings is 1. The van der Waals surface area contributed by atoms with Gasteiger partial charge in [0.2, 0.25) is 0 Å². The highest BCUT2D eigenvalue weighted by atomic mass is 28.4. The summed E-state index contributed by atoms with van der Waals surface area (Å²) in [5, 5.41) is 0.164. The number of nitrogens with two attached hydrogens (primary N) is 1. The van der Waals surface area contributed by atoms with E-state index in [1.54, 1.807) is 0 Å². The molecule has 3 aromatic rings. The first-order valence-electron chi connectivity index (χ1n) is 11.6. The molecule has 3 aromatic heterocycles. The molecule has 4 heterocycles. The Balaban J connectivity index is 1.48. The van der Waals surface area contributed by atoms with E-state index in [-0.39, 0.29) is 17.2 Å². The van der Waals surface area contributed by atoms with Crippen LogP contribution < -0.4 is 10.6 Å². The Labute approximate surface area is 191 Å². The molecule has 1 aliphatic carbocycles. The highest BCUT2D eigenvalue weighted by Crippen LogP contribution is 2.43. The van der Waals surface area contributed by atoms with Crippen molar-refractivity contribution in [1.82, 2.24) is 19.4 Å². The van der Waals surface area contributed by atoms with Gasteiger partial charge in [-0.1, -0.05) is 26.8 Å². The molecule has 170 valence electrons. The summed E-state index contributed by atoms with van der Waals surface area (Å²) in [7, 11) is -1.90.